The Morgan fingerprint density at radius 2 is 1.84 bits per heavy atom. The number of hydrogen-bond acceptors (Lipinski definition) is 2. The summed E-state index contributed by atoms with van der Waals surface area (Å²) >= 11 is 5.80. The molecule has 1 saturated heterocycles. The fourth-order valence-electron chi connectivity index (χ4n) is 2.38. The zero-order valence-corrected chi connectivity index (χ0v) is 12.0. The van der Waals surface area contributed by atoms with Gasteiger partial charge in [-0.3, -0.25) is 4.79 Å². The molecule has 1 N–H and O–H groups in total. The van der Waals surface area contributed by atoms with Gasteiger partial charge in [0.05, 0.1) is 0 Å². The summed E-state index contributed by atoms with van der Waals surface area (Å²) in [5.41, 5.74) is 0.814. The highest BCUT2D eigenvalue weighted by Crippen LogP contribution is 2.14. The van der Waals surface area contributed by atoms with E-state index in [1.54, 1.807) is 12.1 Å². The van der Waals surface area contributed by atoms with E-state index in [0.717, 1.165) is 25.1 Å². The Bertz CT molecular complexity index is 399. The number of nitrogens with one attached hydrogen (secondary N) is 1. The molecular weight excluding hydrogens is 260 g/mol. The number of unbranched alkanes of at least 4 members (excludes halogenated alkanes) is 1. The maximum atomic E-state index is 11.7. The molecule has 1 heterocycles. The molecule has 0 spiro atoms. The van der Waals surface area contributed by atoms with Crippen molar-refractivity contribution in [2.75, 3.05) is 25.0 Å². The van der Waals surface area contributed by atoms with Crippen LogP contribution in [0.5, 0.6) is 0 Å². The van der Waals surface area contributed by atoms with Crippen LogP contribution in [0.15, 0.2) is 24.3 Å². The molecule has 0 aromatic heterocycles. The van der Waals surface area contributed by atoms with Crippen LogP contribution >= 0.6 is 11.6 Å². The monoisotopic (exact) mass is 280 g/mol. The molecule has 19 heavy (non-hydrogen) atoms. The molecular formula is C15H21ClN2O. The van der Waals surface area contributed by atoms with Crippen molar-refractivity contribution >= 4 is 23.2 Å². The number of nitrogens with zero attached hydrogens (tertiary/aromatic N) is 1. The molecule has 0 radical (unpaired) electrons. The van der Waals surface area contributed by atoms with Gasteiger partial charge in [0.2, 0.25) is 5.91 Å². The molecule has 1 aliphatic rings. The van der Waals surface area contributed by atoms with E-state index in [1.807, 2.05) is 12.1 Å². The van der Waals surface area contributed by atoms with Crippen LogP contribution in [0.25, 0.3) is 0 Å². The molecule has 0 bridgehead atoms. The van der Waals surface area contributed by atoms with Gasteiger partial charge in [0, 0.05) is 17.1 Å². The quantitative estimate of drug-likeness (QED) is 0.809. The highest BCUT2D eigenvalue weighted by Gasteiger charge is 2.10. The Morgan fingerprint density at radius 3 is 2.53 bits per heavy atom. The fourth-order valence-corrected chi connectivity index (χ4v) is 2.51. The molecule has 1 aromatic rings. The number of carbonyl (C=O) groups excluding carboxylic acids is 1. The number of rotatable bonds is 6. The molecule has 1 aliphatic heterocycles. The lowest BCUT2D eigenvalue weighted by atomic mass is 10.2. The Morgan fingerprint density at radius 1 is 1.16 bits per heavy atom. The van der Waals surface area contributed by atoms with E-state index >= 15 is 0 Å². The highest BCUT2D eigenvalue weighted by molar-refractivity contribution is 6.30. The van der Waals surface area contributed by atoms with Gasteiger partial charge >= 0.3 is 0 Å². The van der Waals surface area contributed by atoms with E-state index in [0.29, 0.717) is 11.4 Å². The average Bonchev–Trinajstić information content (AvgIpc) is 2.91. The molecule has 1 fully saturated rings. The van der Waals surface area contributed by atoms with Crippen LogP contribution in [0.4, 0.5) is 5.69 Å². The minimum atomic E-state index is 0.0868. The standard InChI is InChI=1S/C15H21ClN2O/c16-13-6-8-14(9-7-13)17-15(19)5-1-2-10-18-11-3-4-12-18/h6-9H,1-5,10-12H2,(H,17,19). The lowest BCUT2D eigenvalue weighted by molar-refractivity contribution is -0.116. The fraction of sp³-hybridized carbons (Fsp3) is 0.533. The second-order valence-electron chi connectivity index (χ2n) is 5.06. The van der Waals surface area contributed by atoms with Crippen LogP contribution in [-0.4, -0.2) is 30.4 Å². The third-order valence-corrected chi connectivity index (χ3v) is 3.71. The van der Waals surface area contributed by atoms with Crippen molar-refractivity contribution in [2.24, 2.45) is 0 Å². The van der Waals surface area contributed by atoms with Gasteiger partial charge in [0.1, 0.15) is 0 Å². The summed E-state index contributed by atoms with van der Waals surface area (Å²) in [6, 6.07) is 7.21. The van der Waals surface area contributed by atoms with Gasteiger partial charge in [-0.05, 0) is 69.6 Å². The number of likely N-dealkylation sites (tertiary alicyclic amines) is 1. The number of hydrogen-bond donors (Lipinski definition) is 1. The molecule has 104 valence electrons. The Kier molecular flexibility index (Phi) is 5.67. The van der Waals surface area contributed by atoms with E-state index < -0.39 is 0 Å². The Labute approximate surface area is 119 Å². The largest absolute Gasteiger partial charge is 0.326 e. The Hall–Kier alpha value is -1.06. The number of anilines is 1. The average molecular weight is 281 g/mol. The minimum absolute atomic E-state index is 0.0868. The molecule has 0 unspecified atom stereocenters. The van der Waals surface area contributed by atoms with Gasteiger partial charge in [-0.1, -0.05) is 11.6 Å². The second kappa shape index (κ2) is 7.51. The summed E-state index contributed by atoms with van der Waals surface area (Å²) in [4.78, 5) is 14.2. The van der Waals surface area contributed by atoms with Gasteiger partial charge in [-0.2, -0.15) is 0 Å². The van der Waals surface area contributed by atoms with E-state index in [9.17, 15) is 4.79 Å². The zero-order chi connectivity index (χ0) is 13.5. The van der Waals surface area contributed by atoms with Crippen molar-refractivity contribution < 1.29 is 4.79 Å². The molecule has 0 atom stereocenters. The predicted octanol–water partition coefficient (Wildman–Crippen LogP) is 3.54. The van der Waals surface area contributed by atoms with Crippen LogP contribution in [0.2, 0.25) is 5.02 Å². The summed E-state index contributed by atoms with van der Waals surface area (Å²) in [7, 11) is 0. The maximum Gasteiger partial charge on any atom is 0.224 e. The summed E-state index contributed by atoms with van der Waals surface area (Å²) in [6.45, 7) is 3.60. The van der Waals surface area contributed by atoms with E-state index in [2.05, 4.69) is 10.2 Å². The van der Waals surface area contributed by atoms with Gasteiger partial charge < -0.3 is 10.2 Å². The van der Waals surface area contributed by atoms with Crippen LogP contribution in [0, 0.1) is 0 Å². The van der Waals surface area contributed by atoms with Crippen molar-refractivity contribution in [1.82, 2.24) is 4.90 Å². The first kappa shape index (κ1) is 14.4. The minimum Gasteiger partial charge on any atom is -0.326 e. The van der Waals surface area contributed by atoms with Crippen LogP contribution in [0.3, 0.4) is 0 Å². The third-order valence-electron chi connectivity index (χ3n) is 3.45. The number of benzene rings is 1. The lowest BCUT2D eigenvalue weighted by Crippen LogP contribution is -2.20. The smallest absolute Gasteiger partial charge is 0.224 e. The van der Waals surface area contributed by atoms with E-state index in [1.165, 1.54) is 25.9 Å². The van der Waals surface area contributed by atoms with Gasteiger partial charge in [-0.15, -0.1) is 0 Å². The van der Waals surface area contributed by atoms with Crippen LogP contribution < -0.4 is 5.32 Å². The normalized spacial score (nSPS) is 15.6. The second-order valence-corrected chi connectivity index (χ2v) is 5.50. The van der Waals surface area contributed by atoms with Crippen molar-refractivity contribution in [3.8, 4) is 0 Å². The first-order valence-electron chi connectivity index (χ1n) is 7.02. The van der Waals surface area contributed by atoms with Crippen molar-refractivity contribution in [1.29, 1.82) is 0 Å². The van der Waals surface area contributed by atoms with E-state index in [4.69, 9.17) is 11.6 Å². The molecule has 4 heteroatoms. The summed E-state index contributed by atoms with van der Waals surface area (Å²) < 4.78 is 0. The van der Waals surface area contributed by atoms with Crippen molar-refractivity contribution in [3.63, 3.8) is 0 Å². The van der Waals surface area contributed by atoms with Crippen LogP contribution in [0.1, 0.15) is 32.1 Å². The molecule has 1 amide bonds. The van der Waals surface area contributed by atoms with Gasteiger partial charge in [0.25, 0.3) is 0 Å². The summed E-state index contributed by atoms with van der Waals surface area (Å²) in [5.74, 6) is 0.0868. The molecule has 1 aromatic carbocycles. The number of carbonyl (C=O) groups is 1. The third kappa shape index (κ3) is 5.21. The maximum absolute atomic E-state index is 11.7. The van der Waals surface area contributed by atoms with Gasteiger partial charge in [-0.25, -0.2) is 0 Å². The molecule has 0 aliphatic carbocycles. The summed E-state index contributed by atoms with van der Waals surface area (Å²) in [5, 5.41) is 3.57. The SMILES string of the molecule is O=C(CCCCN1CCCC1)Nc1ccc(Cl)cc1. The molecule has 0 saturated carbocycles. The summed E-state index contributed by atoms with van der Waals surface area (Å²) in [6.07, 6.45) is 5.31. The molecule has 3 nitrogen and oxygen atoms in total. The number of amides is 1. The molecule has 2 rings (SSSR count). The van der Waals surface area contributed by atoms with E-state index in [-0.39, 0.29) is 5.91 Å². The zero-order valence-electron chi connectivity index (χ0n) is 11.2. The topological polar surface area (TPSA) is 32.3 Å². The van der Waals surface area contributed by atoms with Gasteiger partial charge in [0.15, 0.2) is 0 Å². The Balaban J connectivity index is 1.60. The predicted molar refractivity (Wildman–Crippen MR) is 79.6 cm³/mol. The van der Waals surface area contributed by atoms with Crippen LogP contribution in [-0.2, 0) is 4.79 Å². The highest BCUT2D eigenvalue weighted by atomic mass is 35.5. The van der Waals surface area contributed by atoms with Crippen molar-refractivity contribution in [2.45, 2.75) is 32.1 Å². The lowest BCUT2D eigenvalue weighted by Gasteiger charge is -2.13. The number of halogens is 1. The first-order valence-corrected chi connectivity index (χ1v) is 7.39. The first-order chi connectivity index (χ1) is 9.24. The van der Waals surface area contributed by atoms with Crippen molar-refractivity contribution in [3.05, 3.63) is 29.3 Å².